The molecule has 1 aliphatic heterocycles. The van der Waals surface area contributed by atoms with Gasteiger partial charge in [-0.15, -0.1) is 11.6 Å². The molecule has 1 aromatic rings. The standard InChI is InChI=1S/C14H18Cl2N2O2/c1-20-13-10-11(16)2-3-12(13)14(19)18-8-6-17(5-4-15)7-9-18/h2-3,10H,4-9H2,1H3. The van der Waals surface area contributed by atoms with Crippen LogP contribution in [-0.4, -0.2) is 61.4 Å². The third-order valence-electron chi connectivity index (χ3n) is 3.45. The van der Waals surface area contributed by atoms with E-state index in [2.05, 4.69) is 4.90 Å². The van der Waals surface area contributed by atoms with Gasteiger partial charge in [0.2, 0.25) is 0 Å². The number of hydrogen-bond acceptors (Lipinski definition) is 3. The van der Waals surface area contributed by atoms with Crippen molar-refractivity contribution in [1.29, 1.82) is 0 Å². The van der Waals surface area contributed by atoms with Gasteiger partial charge in [-0.3, -0.25) is 9.69 Å². The van der Waals surface area contributed by atoms with Crippen LogP contribution in [0.15, 0.2) is 18.2 Å². The summed E-state index contributed by atoms with van der Waals surface area (Å²) in [6.45, 7) is 4.00. The first-order chi connectivity index (χ1) is 9.65. The Morgan fingerprint density at radius 1 is 1.30 bits per heavy atom. The molecule has 0 saturated carbocycles. The summed E-state index contributed by atoms with van der Waals surface area (Å²) in [5.41, 5.74) is 0.558. The monoisotopic (exact) mass is 316 g/mol. The van der Waals surface area contributed by atoms with E-state index in [4.69, 9.17) is 27.9 Å². The molecule has 0 spiro atoms. The fourth-order valence-corrected chi connectivity index (χ4v) is 2.71. The van der Waals surface area contributed by atoms with Crippen LogP contribution >= 0.6 is 23.2 Å². The third-order valence-corrected chi connectivity index (χ3v) is 3.86. The minimum absolute atomic E-state index is 0.0101. The van der Waals surface area contributed by atoms with E-state index in [1.165, 1.54) is 0 Å². The molecule has 0 aliphatic carbocycles. The largest absolute Gasteiger partial charge is 0.496 e. The molecular formula is C14H18Cl2N2O2. The maximum absolute atomic E-state index is 12.5. The molecular weight excluding hydrogens is 299 g/mol. The van der Waals surface area contributed by atoms with Gasteiger partial charge in [0.05, 0.1) is 12.7 Å². The number of rotatable bonds is 4. The zero-order valence-corrected chi connectivity index (χ0v) is 13.0. The van der Waals surface area contributed by atoms with Crippen LogP contribution in [-0.2, 0) is 0 Å². The number of alkyl halides is 1. The molecule has 4 nitrogen and oxygen atoms in total. The first-order valence-electron chi connectivity index (χ1n) is 6.57. The normalized spacial score (nSPS) is 16.2. The lowest BCUT2D eigenvalue weighted by Gasteiger charge is -2.34. The number of carbonyl (C=O) groups is 1. The van der Waals surface area contributed by atoms with Crippen molar-refractivity contribution < 1.29 is 9.53 Å². The molecule has 20 heavy (non-hydrogen) atoms. The van der Waals surface area contributed by atoms with Crippen LogP contribution in [0.5, 0.6) is 5.75 Å². The number of methoxy groups -OCH3 is 1. The SMILES string of the molecule is COc1cc(Cl)ccc1C(=O)N1CCN(CCCl)CC1. The molecule has 2 rings (SSSR count). The second-order valence-corrected chi connectivity index (χ2v) is 5.48. The Morgan fingerprint density at radius 3 is 2.60 bits per heavy atom. The topological polar surface area (TPSA) is 32.8 Å². The summed E-state index contributed by atoms with van der Waals surface area (Å²) in [6, 6.07) is 5.09. The van der Waals surface area contributed by atoms with Crippen LogP contribution < -0.4 is 4.74 Å². The molecule has 0 aromatic heterocycles. The van der Waals surface area contributed by atoms with Crippen LogP contribution in [0.4, 0.5) is 0 Å². The fraction of sp³-hybridized carbons (Fsp3) is 0.500. The number of amides is 1. The summed E-state index contributed by atoms with van der Waals surface area (Å²) < 4.78 is 5.24. The molecule has 0 radical (unpaired) electrons. The summed E-state index contributed by atoms with van der Waals surface area (Å²) in [5.74, 6) is 1.13. The summed E-state index contributed by atoms with van der Waals surface area (Å²) in [6.07, 6.45) is 0. The van der Waals surface area contributed by atoms with E-state index in [1.54, 1.807) is 25.3 Å². The lowest BCUT2D eigenvalue weighted by molar-refractivity contribution is 0.0641. The molecule has 6 heteroatoms. The highest BCUT2D eigenvalue weighted by Crippen LogP contribution is 2.24. The Bertz CT molecular complexity index is 474. The predicted molar refractivity (Wildman–Crippen MR) is 81.1 cm³/mol. The summed E-state index contributed by atoms with van der Waals surface area (Å²) >= 11 is 11.6. The van der Waals surface area contributed by atoms with Crippen LogP contribution in [0, 0.1) is 0 Å². The first-order valence-corrected chi connectivity index (χ1v) is 7.48. The zero-order chi connectivity index (χ0) is 14.5. The zero-order valence-electron chi connectivity index (χ0n) is 11.4. The Labute approximate surface area is 129 Å². The first kappa shape index (κ1) is 15.4. The summed E-state index contributed by atoms with van der Waals surface area (Å²) in [4.78, 5) is 16.6. The Balaban J connectivity index is 2.05. The van der Waals surface area contributed by atoms with Crippen LogP contribution in [0.3, 0.4) is 0 Å². The predicted octanol–water partition coefficient (Wildman–Crippen LogP) is 2.35. The Hall–Kier alpha value is -0.970. The van der Waals surface area contributed by atoms with E-state index in [0.717, 1.165) is 19.6 Å². The van der Waals surface area contributed by atoms with Crippen molar-refractivity contribution in [3.8, 4) is 5.75 Å². The summed E-state index contributed by atoms with van der Waals surface area (Å²) in [5, 5.41) is 0.560. The molecule has 0 unspecified atom stereocenters. The molecule has 1 saturated heterocycles. The molecule has 1 aromatic carbocycles. The van der Waals surface area contributed by atoms with Crippen molar-refractivity contribution in [2.24, 2.45) is 0 Å². The maximum Gasteiger partial charge on any atom is 0.257 e. The van der Waals surface area contributed by atoms with E-state index in [0.29, 0.717) is 35.3 Å². The van der Waals surface area contributed by atoms with Crippen LogP contribution in [0.2, 0.25) is 5.02 Å². The van der Waals surface area contributed by atoms with Crippen molar-refractivity contribution in [3.63, 3.8) is 0 Å². The molecule has 0 N–H and O–H groups in total. The van der Waals surface area contributed by atoms with E-state index in [-0.39, 0.29) is 5.91 Å². The highest BCUT2D eigenvalue weighted by molar-refractivity contribution is 6.30. The lowest BCUT2D eigenvalue weighted by Crippen LogP contribution is -2.49. The number of hydrogen-bond donors (Lipinski definition) is 0. The quantitative estimate of drug-likeness (QED) is 0.799. The average Bonchev–Trinajstić information content (AvgIpc) is 2.47. The van der Waals surface area contributed by atoms with Crippen LogP contribution in [0.25, 0.3) is 0 Å². The molecule has 1 amide bonds. The lowest BCUT2D eigenvalue weighted by atomic mass is 10.1. The molecule has 0 bridgehead atoms. The van der Waals surface area contributed by atoms with Gasteiger partial charge in [0, 0.05) is 43.6 Å². The third kappa shape index (κ3) is 3.57. The maximum atomic E-state index is 12.5. The Morgan fingerprint density at radius 2 is 2.00 bits per heavy atom. The molecule has 0 atom stereocenters. The van der Waals surface area contributed by atoms with Gasteiger partial charge in [0.1, 0.15) is 5.75 Å². The number of carbonyl (C=O) groups excluding carboxylic acids is 1. The second-order valence-electron chi connectivity index (χ2n) is 4.67. The molecule has 110 valence electrons. The van der Waals surface area contributed by atoms with Crippen molar-refractivity contribution in [2.75, 3.05) is 45.7 Å². The van der Waals surface area contributed by atoms with Gasteiger partial charge in [-0.2, -0.15) is 0 Å². The highest BCUT2D eigenvalue weighted by atomic mass is 35.5. The second kappa shape index (κ2) is 7.16. The van der Waals surface area contributed by atoms with Crippen molar-refractivity contribution in [1.82, 2.24) is 9.80 Å². The van der Waals surface area contributed by atoms with Gasteiger partial charge in [-0.1, -0.05) is 11.6 Å². The summed E-state index contributed by atoms with van der Waals surface area (Å²) in [7, 11) is 1.54. The van der Waals surface area contributed by atoms with E-state index >= 15 is 0 Å². The smallest absolute Gasteiger partial charge is 0.257 e. The van der Waals surface area contributed by atoms with E-state index in [9.17, 15) is 4.79 Å². The highest BCUT2D eigenvalue weighted by Gasteiger charge is 2.24. The van der Waals surface area contributed by atoms with Gasteiger partial charge >= 0.3 is 0 Å². The van der Waals surface area contributed by atoms with Gasteiger partial charge in [0.25, 0.3) is 5.91 Å². The van der Waals surface area contributed by atoms with Crippen LogP contribution in [0.1, 0.15) is 10.4 Å². The molecule has 1 fully saturated rings. The van der Waals surface area contributed by atoms with Gasteiger partial charge < -0.3 is 9.64 Å². The number of halogens is 2. The minimum Gasteiger partial charge on any atom is -0.496 e. The number of piperazine rings is 1. The Kier molecular flexibility index (Phi) is 5.52. The van der Waals surface area contributed by atoms with Gasteiger partial charge in [-0.25, -0.2) is 0 Å². The van der Waals surface area contributed by atoms with Gasteiger partial charge in [-0.05, 0) is 18.2 Å². The fourth-order valence-electron chi connectivity index (χ4n) is 2.31. The average molecular weight is 317 g/mol. The van der Waals surface area contributed by atoms with Crippen molar-refractivity contribution in [3.05, 3.63) is 28.8 Å². The van der Waals surface area contributed by atoms with Gasteiger partial charge in [0.15, 0.2) is 0 Å². The van der Waals surface area contributed by atoms with Crippen molar-refractivity contribution >= 4 is 29.1 Å². The van der Waals surface area contributed by atoms with E-state index in [1.807, 2.05) is 4.90 Å². The minimum atomic E-state index is -0.0101. The van der Waals surface area contributed by atoms with Crippen molar-refractivity contribution in [2.45, 2.75) is 0 Å². The molecule has 1 aliphatic rings. The number of ether oxygens (including phenoxy) is 1. The number of nitrogens with zero attached hydrogens (tertiary/aromatic N) is 2. The van der Waals surface area contributed by atoms with E-state index < -0.39 is 0 Å². The number of benzene rings is 1. The molecule has 1 heterocycles.